The van der Waals surface area contributed by atoms with E-state index >= 15 is 0 Å². The van der Waals surface area contributed by atoms with Crippen molar-refractivity contribution >= 4 is 34.5 Å². The highest BCUT2D eigenvalue weighted by molar-refractivity contribution is 8.18. The Balaban J connectivity index is 1.73. The molecule has 2 heterocycles. The van der Waals surface area contributed by atoms with Crippen LogP contribution in [0.5, 0.6) is 11.5 Å². The summed E-state index contributed by atoms with van der Waals surface area (Å²) < 4.78 is 29.2. The Bertz CT molecular complexity index is 1080. The molecule has 0 bridgehead atoms. The fraction of sp³-hybridized carbons (Fsp3) is 0.143. The zero-order chi connectivity index (χ0) is 20.4. The minimum atomic E-state index is -0.693. The lowest BCUT2D eigenvalue weighted by atomic mass is 10.1. The second-order valence-electron chi connectivity index (χ2n) is 6.06. The number of halogens is 1. The van der Waals surface area contributed by atoms with E-state index in [0.29, 0.717) is 22.1 Å². The average molecular weight is 413 g/mol. The van der Waals surface area contributed by atoms with Crippen LogP contribution in [0.4, 0.5) is 10.1 Å². The van der Waals surface area contributed by atoms with Crippen LogP contribution in [0.15, 0.2) is 63.7 Å². The number of carbonyl (C=O) groups is 1. The van der Waals surface area contributed by atoms with Gasteiger partial charge in [-0.3, -0.25) is 0 Å². The predicted molar refractivity (Wildman–Crippen MR) is 108 cm³/mol. The number of rotatable bonds is 4. The summed E-state index contributed by atoms with van der Waals surface area (Å²) in [6.07, 6.45) is 1.70. The molecule has 148 valence electrons. The number of aliphatic imine (C=N–C) groups is 1. The molecular weight excluding hydrogens is 397 g/mol. The first-order valence-electron chi connectivity index (χ1n) is 8.79. The van der Waals surface area contributed by atoms with Gasteiger partial charge in [-0.25, -0.2) is 14.2 Å². The van der Waals surface area contributed by atoms with E-state index in [1.807, 2.05) is 0 Å². The predicted octanol–water partition coefficient (Wildman–Crippen LogP) is 4.75. The number of nitrogens with zero attached hydrogens (tertiary/aromatic N) is 1. The maximum Gasteiger partial charge on any atom is 0.344 e. The summed E-state index contributed by atoms with van der Waals surface area (Å²) in [6.45, 7) is 1.98. The third-order valence-electron chi connectivity index (χ3n) is 4.10. The average Bonchev–Trinajstić information content (AvgIpc) is 3.26. The van der Waals surface area contributed by atoms with Crippen LogP contribution in [0.2, 0.25) is 0 Å². The second-order valence-corrected chi connectivity index (χ2v) is 7.09. The van der Waals surface area contributed by atoms with Crippen LogP contribution >= 0.6 is 11.8 Å². The molecule has 2 aromatic carbocycles. The van der Waals surface area contributed by atoms with Crippen LogP contribution in [0.3, 0.4) is 0 Å². The van der Waals surface area contributed by atoms with Gasteiger partial charge in [0.05, 0.1) is 17.2 Å². The molecule has 6 nitrogen and oxygen atoms in total. The number of benzene rings is 2. The van der Waals surface area contributed by atoms with Crippen LogP contribution in [-0.4, -0.2) is 29.5 Å². The lowest BCUT2D eigenvalue weighted by Gasteiger charge is -2.03. The highest BCUT2D eigenvalue weighted by Gasteiger charge is 2.33. The molecular formula is C21H16FNO5S. The van der Waals surface area contributed by atoms with Crippen molar-refractivity contribution < 1.29 is 28.5 Å². The number of thioether (sulfide) groups is 1. The van der Waals surface area contributed by atoms with E-state index in [1.54, 1.807) is 37.3 Å². The summed E-state index contributed by atoms with van der Waals surface area (Å²) in [6, 6.07) is 11.0. The van der Waals surface area contributed by atoms with E-state index in [1.165, 1.54) is 18.2 Å². The quantitative estimate of drug-likeness (QED) is 0.729. The molecule has 0 aliphatic carbocycles. The Labute approximate surface area is 170 Å². The second kappa shape index (κ2) is 8.00. The van der Waals surface area contributed by atoms with Gasteiger partial charge in [0.2, 0.25) is 6.79 Å². The smallest absolute Gasteiger partial charge is 0.344 e. The first-order chi connectivity index (χ1) is 14.0. The monoisotopic (exact) mass is 413 g/mol. The summed E-state index contributed by atoms with van der Waals surface area (Å²) in [5, 5.41) is 10.9. The van der Waals surface area contributed by atoms with Gasteiger partial charge in [0.1, 0.15) is 22.2 Å². The van der Waals surface area contributed by atoms with E-state index in [4.69, 9.17) is 14.2 Å². The molecule has 8 heteroatoms. The fourth-order valence-corrected chi connectivity index (χ4v) is 3.84. The van der Waals surface area contributed by atoms with Gasteiger partial charge < -0.3 is 19.3 Å². The molecule has 0 radical (unpaired) electrons. The number of esters is 1. The van der Waals surface area contributed by atoms with Crippen molar-refractivity contribution in [2.24, 2.45) is 4.99 Å². The Kier molecular flexibility index (Phi) is 5.26. The maximum atomic E-state index is 13.5. The van der Waals surface area contributed by atoms with Gasteiger partial charge in [-0.15, -0.1) is 0 Å². The lowest BCUT2D eigenvalue weighted by Crippen LogP contribution is -2.12. The summed E-state index contributed by atoms with van der Waals surface area (Å²) in [4.78, 5) is 17.2. The van der Waals surface area contributed by atoms with Crippen molar-refractivity contribution in [1.82, 2.24) is 0 Å². The van der Waals surface area contributed by atoms with Crippen LogP contribution in [-0.2, 0) is 9.53 Å². The molecule has 0 fully saturated rings. The van der Waals surface area contributed by atoms with E-state index in [2.05, 4.69) is 4.99 Å². The molecule has 2 aromatic rings. The number of ether oxygens (including phenoxy) is 3. The Morgan fingerprint density at radius 3 is 2.90 bits per heavy atom. The van der Waals surface area contributed by atoms with Crippen LogP contribution in [0.1, 0.15) is 12.5 Å². The molecule has 29 heavy (non-hydrogen) atoms. The highest BCUT2D eigenvalue weighted by Crippen LogP contribution is 2.41. The van der Waals surface area contributed by atoms with Crippen molar-refractivity contribution in [3.05, 3.63) is 70.1 Å². The van der Waals surface area contributed by atoms with Crippen molar-refractivity contribution in [2.75, 3.05) is 13.4 Å². The zero-order valence-electron chi connectivity index (χ0n) is 15.3. The third kappa shape index (κ3) is 3.97. The van der Waals surface area contributed by atoms with Crippen molar-refractivity contribution in [3.63, 3.8) is 0 Å². The maximum absolute atomic E-state index is 13.5. The third-order valence-corrected chi connectivity index (χ3v) is 5.12. The normalized spacial score (nSPS) is 18.0. The molecule has 2 aliphatic heterocycles. The molecule has 0 saturated heterocycles. The van der Waals surface area contributed by atoms with Gasteiger partial charge >= 0.3 is 5.97 Å². The molecule has 2 aliphatic rings. The van der Waals surface area contributed by atoms with Crippen molar-refractivity contribution in [3.8, 4) is 11.5 Å². The van der Waals surface area contributed by atoms with Crippen LogP contribution in [0, 0.1) is 5.82 Å². The first-order valence-corrected chi connectivity index (χ1v) is 9.61. The summed E-state index contributed by atoms with van der Waals surface area (Å²) >= 11 is 1.10. The molecule has 4 rings (SSSR count). The Morgan fingerprint density at radius 1 is 1.28 bits per heavy atom. The fourth-order valence-electron chi connectivity index (χ4n) is 2.81. The first kappa shape index (κ1) is 19.1. The number of hydrogen-bond acceptors (Lipinski definition) is 7. The van der Waals surface area contributed by atoms with Crippen molar-refractivity contribution in [1.29, 1.82) is 0 Å². The summed E-state index contributed by atoms with van der Waals surface area (Å²) in [5.41, 5.74) is 1.03. The Hall–Kier alpha value is -3.26. The van der Waals surface area contributed by atoms with Gasteiger partial charge in [-0.1, -0.05) is 23.9 Å². The van der Waals surface area contributed by atoms with Crippen LogP contribution < -0.4 is 9.47 Å². The highest BCUT2D eigenvalue weighted by atomic mass is 32.2. The minimum Gasteiger partial charge on any atom is -0.506 e. The number of hydrogen-bond donors (Lipinski definition) is 1. The van der Waals surface area contributed by atoms with Gasteiger partial charge in [0.15, 0.2) is 11.5 Å². The molecule has 0 spiro atoms. The van der Waals surface area contributed by atoms with E-state index in [9.17, 15) is 14.3 Å². The van der Waals surface area contributed by atoms with Gasteiger partial charge in [-0.05, 0) is 48.9 Å². The lowest BCUT2D eigenvalue weighted by molar-refractivity contribution is -0.138. The van der Waals surface area contributed by atoms with E-state index in [0.717, 1.165) is 17.3 Å². The van der Waals surface area contributed by atoms with Gasteiger partial charge in [0.25, 0.3) is 0 Å². The molecule has 1 N–H and O–H groups in total. The largest absolute Gasteiger partial charge is 0.506 e. The summed E-state index contributed by atoms with van der Waals surface area (Å²) in [7, 11) is 0. The number of carbonyl (C=O) groups excluding carboxylic acids is 1. The SMILES string of the molecule is CCOC(=O)C1=C(O)C(=Cc2ccc3c(c2)OCO3)SC1=Nc1cccc(F)c1. The van der Waals surface area contributed by atoms with Crippen molar-refractivity contribution in [2.45, 2.75) is 6.92 Å². The number of aliphatic hydroxyl groups is 1. The number of aliphatic hydroxyl groups excluding tert-OH is 1. The topological polar surface area (TPSA) is 77.4 Å². The van der Waals surface area contributed by atoms with E-state index in [-0.39, 0.29) is 29.8 Å². The van der Waals surface area contributed by atoms with E-state index < -0.39 is 11.8 Å². The van der Waals surface area contributed by atoms with Crippen LogP contribution in [0.25, 0.3) is 6.08 Å². The van der Waals surface area contributed by atoms with Gasteiger partial charge in [0, 0.05) is 0 Å². The molecule has 0 amide bonds. The number of fused-ring (bicyclic) bond motifs is 1. The molecule has 0 aromatic heterocycles. The molecule has 0 saturated carbocycles. The Morgan fingerprint density at radius 2 is 2.10 bits per heavy atom. The minimum absolute atomic E-state index is 0.0481. The molecule has 0 unspecified atom stereocenters. The standard InChI is InChI=1S/C21H16FNO5S/c1-2-26-21(25)18-19(24)17(9-12-6-7-15-16(8-12)28-11-27-15)29-20(18)23-14-5-3-4-13(22)10-14/h3-10,24H,2,11H2,1H3. The molecule has 0 atom stereocenters. The van der Waals surface area contributed by atoms with Gasteiger partial charge in [-0.2, -0.15) is 0 Å². The zero-order valence-corrected chi connectivity index (χ0v) is 16.2. The summed E-state index contributed by atoms with van der Waals surface area (Å²) in [5.74, 6) is -0.128.